The van der Waals surface area contributed by atoms with Gasteiger partial charge in [0.2, 0.25) is 0 Å². The maximum Gasteiger partial charge on any atom is 0.409 e. The summed E-state index contributed by atoms with van der Waals surface area (Å²) in [4.78, 5) is 34.5. The molecule has 1 aromatic rings. The molecule has 0 aliphatic heterocycles. The van der Waals surface area contributed by atoms with E-state index in [1.54, 1.807) is 0 Å². The molecule has 1 aliphatic rings. The van der Waals surface area contributed by atoms with Crippen molar-refractivity contribution < 1.29 is 28.6 Å². The third kappa shape index (κ3) is 6.33. The second-order valence-electron chi connectivity index (χ2n) is 5.22. The maximum atomic E-state index is 11.8. The van der Waals surface area contributed by atoms with Crippen LogP contribution in [0.2, 0.25) is 0 Å². The lowest BCUT2D eigenvalue weighted by atomic mass is 10.1. The van der Waals surface area contributed by atoms with Gasteiger partial charge in [-0.2, -0.15) is 0 Å². The number of hydrogen-bond acceptors (Lipinski definition) is 6. The molecule has 1 amide bonds. The second-order valence-corrected chi connectivity index (χ2v) is 5.22. The molecule has 1 aliphatic carbocycles. The fourth-order valence-electron chi connectivity index (χ4n) is 2.01. The molecular formula is C18H19NO6. The minimum absolute atomic E-state index is 0.122. The van der Waals surface area contributed by atoms with Crippen molar-refractivity contribution in [3.05, 3.63) is 59.7 Å². The van der Waals surface area contributed by atoms with Crippen molar-refractivity contribution in [1.29, 1.82) is 0 Å². The lowest BCUT2D eigenvalue weighted by Crippen LogP contribution is -2.40. The van der Waals surface area contributed by atoms with Crippen molar-refractivity contribution in [2.75, 3.05) is 20.3 Å². The van der Waals surface area contributed by atoms with Gasteiger partial charge in [0, 0.05) is 12.7 Å². The number of methoxy groups -OCH3 is 1. The Balaban J connectivity index is 1.72. The predicted molar refractivity (Wildman–Crippen MR) is 88.6 cm³/mol. The van der Waals surface area contributed by atoms with E-state index in [0.29, 0.717) is 6.61 Å². The van der Waals surface area contributed by atoms with Crippen LogP contribution in [0, 0.1) is 0 Å². The molecule has 0 bridgehead atoms. The summed E-state index contributed by atoms with van der Waals surface area (Å²) in [6.07, 6.45) is 1.98. The number of alkyl carbamates (subject to hydrolysis) is 1. The number of rotatable bonds is 8. The van der Waals surface area contributed by atoms with Gasteiger partial charge in [-0.05, 0) is 23.8 Å². The number of carbonyl (C=O) groups is 3. The molecule has 1 aromatic carbocycles. The molecule has 0 spiro atoms. The molecule has 0 radical (unpaired) electrons. The van der Waals surface area contributed by atoms with Gasteiger partial charge in [-0.3, -0.25) is 14.9 Å². The Bertz CT molecular complexity index is 680. The summed E-state index contributed by atoms with van der Waals surface area (Å²) >= 11 is 0. The van der Waals surface area contributed by atoms with Gasteiger partial charge in [0.1, 0.15) is 6.61 Å². The Hall–Kier alpha value is -2.77. The van der Waals surface area contributed by atoms with Crippen LogP contribution in [0.15, 0.2) is 54.1 Å². The average molecular weight is 345 g/mol. The van der Waals surface area contributed by atoms with Crippen LogP contribution in [0.3, 0.4) is 0 Å². The van der Waals surface area contributed by atoms with Gasteiger partial charge >= 0.3 is 6.09 Å². The maximum absolute atomic E-state index is 11.8. The Morgan fingerprint density at radius 1 is 1.12 bits per heavy atom. The molecule has 25 heavy (non-hydrogen) atoms. The molecule has 0 saturated carbocycles. The standard InChI is InChI=1S/C18H19NO6/c1-23-17(12-24-10-13-5-3-2-4-6-13)19-18(22)25-11-14-9-15(20)7-8-16(14)21/h2-9,17H,10-12H2,1H3,(H,19,22). The summed E-state index contributed by atoms with van der Waals surface area (Å²) < 4.78 is 15.5. The average Bonchev–Trinajstić information content (AvgIpc) is 2.62. The number of hydrogen-bond donors (Lipinski definition) is 1. The van der Waals surface area contributed by atoms with E-state index < -0.39 is 12.3 Å². The van der Waals surface area contributed by atoms with Crippen molar-refractivity contribution in [2.24, 2.45) is 0 Å². The first kappa shape index (κ1) is 18.6. The van der Waals surface area contributed by atoms with E-state index in [4.69, 9.17) is 14.2 Å². The van der Waals surface area contributed by atoms with Gasteiger partial charge in [0.15, 0.2) is 17.8 Å². The Morgan fingerprint density at radius 2 is 1.88 bits per heavy atom. The van der Waals surface area contributed by atoms with Crippen molar-refractivity contribution in [3.8, 4) is 0 Å². The lowest BCUT2D eigenvalue weighted by Gasteiger charge is -2.17. The Kier molecular flexibility index (Phi) is 7.06. The van der Waals surface area contributed by atoms with Crippen molar-refractivity contribution >= 4 is 17.7 Å². The molecule has 132 valence electrons. The summed E-state index contributed by atoms with van der Waals surface area (Å²) in [7, 11) is 1.42. The van der Waals surface area contributed by atoms with Crippen LogP contribution in [-0.4, -0.2) is 44.2 Å². The topological polar surface area (TPSA) is 90.9 Å². The van der Waals surface area contributed by atoms with Crippen LogP contribution in [0.5, 0.6) is 0 Å². The fourth-order valence-corrected chi connectivity index (χ4v) is 2.01. The smallest absolute Gasteiger partial charge is 0.409 e. The highest BCUT2D eigenvalue weighted by Gasteiger charge is 2.17. The van der Waals surface area contributed by atoms with Crippen molar-refractivity contribution in [3.63, 3.8) is 0 Å². The SMILES string of the molecule is COC(COCc1ccccc1)NC(=O)OCC1=CC(=O)C=CC1=O. The number of nitrogens with one attached hydrogen (secondary N) is 1. The quantitative estimate of drug-likeness (QED) is 0.568. The van der Waals surface area contributed by atoms with E-state index in [1.165, 1.54) is 7.11 Å². The van der Waals surface area contributed by atoms with Crippen LogP contribution < -0.4 is 5.32 Å². The van der Waals surface area contributed by atoms with E-state index in [1.807, 2.05) is 30.3 Å². The lowest BCUT2D eigenvalue weighted by molar-refractivity contribution is -0.114. The first-order chi connectivity index (χ1) is 12.1. The van der Waals surface area contributed by atoms with Crippen molar-refractivity contribution in [1.82, 2.24) is 5.32 Å². The van der Waals surface area contributed by atoms with E-state index in [9.17, 15) is 14.4 Å². The van der Waals surface area contributed by atoms with Crippen LogP contribution in [-0.2, 0) is 30.4 Å². The van der Waals surface area contributed by atoms with Crippen LogP contribution in [0.4, 0.5) is 4.79 Å². The summed E-state index contributed by atoms with van der Waals surface area (Å²) in [5.41, 5.74) is 1.12. The number of ether oxygens (including phenoxy) is 3. The van der Waals surface area contributed by atoms with Gasteiger partial charge in [-0.15, -0.1) is 0 Å². The second kappa shape index (κ2) is 9.51. The van der Waals surface area contributed by atoms with E-state index >= 15 is 0 Å². The van der Waals surface area contributed by atoms with Gasteiger partial charge in [0.25, 0.3) is 0 Å². The molecule has 7 heteroatoms. The van der Waals surface area contributed by atoms with Crippen LogP contribution >= 0.6 is 0 Å². The number of amides is 1. The third-order valence-corrected chi connectivity index (χ3v) is 3.33. The van der Waals surface area contributed by atoms with Gasteiger partial charge in [-0.1, -0.05) is 30.3 Å². The molecule has 1 unspecified atom stereocenters. The number of carbonyl (C=O) groups excluding carboxylic acids is 3. The monoisotopic (exact) mass is 345 g/mol. The first-order valence-electron chi connectivity index (χ1n) is 7.63. The molecule has 0 saturated heterocycles. The number of ketones is 2. The third-order valence-electron chi connectivity index (χ3n) is 3.33. The molecular weight excluding hydrogens is 326 g/mol. The molecule has 1 N–H and O–H groups in total. The zero-order valence-corrected chi connectivity index (χ0v) is 13.8. The molecule has 0 fully saturated rings. The molecule has 7 nitrogen and oxygen atoms in total. The summed E-state index contributed by atoms with van der Waals surface area (Å²) in [5.74, 6) is -0.676. The highest BCUT2D eigenvalue weighted by Crippen LogP contribution is 2.06. The minimum atomic E-state index is -0.772. The summed E-state index contributed by atoms with van der Waals surface area (Å²) in [5, 5.41) is 2.47. The molecule has 0 heterocycles. The minimum Gasteiger partial charge on any atom is -0.444 e. The molecule has 1 atom stereocenters. The normalized spacial score (nSPS) is 14.8. The zero-order valence-electron chi connectivity index (χ0n) is 13.8. The fraction of sp³-hybridized carbons (Fsp3) is 0.278. The van der Waals surface area contributed by atoms with E-state index in [0.717, 1.165) is 23.8 Å². The van der Waals surface area contributed by atoms with Crippen LogP contribution in [0.25, 0.3) is 0 Å². The zero-order chi connectivity index (χ0) is 18.1. The van der Waals surface area contributed by atoms with Crippen molar-refractivity contribution in [2.45, 2.75) is 12.8 Å². The molecule has 2 rings (SSSR count). The first-order valence-corrected chi connectivity index (χ1v) is 7.63. The summed E-state index contributed by atoms with van der Waals surface area (Å²) in [6, 6.07) is 9.57. The Morgan fingerprint density at radius 3 is 2.60 bits per heavy atom. The summed E-state index contributed by atoms with van der Waals surface area (Å²) in [6.45, 7) is 0.221. The van der Waals surface area contributed by atoms with Gasteiger partial charge in [-0.25, -0.2) is 4.79 Å². The molecule has 0 aromatic heterocycles. The van der Waals surface area contributed by atoms with Gasteiger partial charge in [0.05, 0.1) is 13.2 Å². The number of benzene rings is 1. The Labute approximate surface area is 145 Å². The largest absolute Gasteiger partial charge is 0.444 e. The highest BCUT2D eigenvalue weighted by atomic mass is 16.6. The van der Waals surface area contributed by atoms with Gasteiger partial charge < -0.3 is 14.2 Å². The van der Waals surface area contributed by atoms with E-state index in [2.05, 4.69) is 5.32 Å². The van der Waals surface area contributed by atoms with Crippen LogP contribution in [0.1, 0.15) is 5.56 Å². The number of allylic oxidation sites excluding steroid dienone is 3. The van der Waals surface area contributed by atoms with E-state index in [-0.39, 0.29) is 30.4 Å². The highest BCUT2D eigenvalue weighted by molar-refractivity contribution is 6.17. The predicted octanol–water partition coefficient (Wildman–Crippen LogP) is 1.54.